The van der Waals surface area contributed by atoms with Crippen LogP contribution in [0, 0.1) is 11.3 Å². The summed E-state index contributed by atoms with van der Waals surface area (Å²) in [6.45, 7) is 3.43. The molecule has 11 nitrogen and oxygen atoms in total. The van der Waals surface area contributed by atoms with E-state index in [0.717, 1.165) is 61.1 Å². The van der Waals surface area contributed by atoms with Gasteiger partial charge >= 0.3 is 0 Å². The molecule has 6 rings (SSSR count). The standard InChI is InChI=1S/C38H46N4O7/c1-45-30-11-10-25(20-31(30)46-2)23-38(15-19-42(37(38)44)24-26-21-32(47-3)35(49-5)33(22-26)48-4)14-18-41-16-12-27(13-17-41)34(43)36-39-28-8-6-7-9-29(28)40-36/h6-11,20-22,27H,12-19,23-24H2,1-5H3,(H,39,40). The zero-order valence-electron chi connectivity index (χ0n) is 29.0. The highest BCUT2D eigenvalue weighted by Crippen LogP contribution is 2.43. The van der Waals surface area contributed by atoms with Crippen LogP contribution in [0.15, 0.2) is 54.6 Å². The van der Waals surface area contributed by atoms with E-state index in [1.807, 2.05) is 59.5 Å². The molecule has 1 amide bonds. The van der Waals surface area contributed by atoms with Gasteiger partial charge in [0.05, 0.1) is 52.0 Å². The number of hydrogen-bond donors (Lipinski definition) is 1. The number of nitrogens with zero attached hydrogens (tertiary/aromatic N) is 3. The molecule has 2 fully saturated rings. The van der Waals surface area contributed by atoms with E-state index >= 15 is 0 Å². The smallest absolute Gasteiger partial charge is 0.229 e. The fraction of sp³-hybridized carbons (Fsp3) is 0.447. The Bertz CT molecular complexity index is 1740. The molecule has 2 saturated heterocycles. The van der Waals surface area contributed by atoms with Crippen molar-refractivity contribution < 1.29 is 33.3 Å². The number of Topliss-reactive ketones (excluding diaryl/α,β-unsaturated/α-hetero) is 1. The van der Waals surface area contributed by atoms with Crippen molar-refractivity contribution in [1.82, 2.24) is 19.8 Å². The second-order valence-electron chi connectivity index (χ2n) is 13.0. The molecule has 11 heteroatoms. The van der Waals surface area contributed by atoms with Crippen LogP contribution in [-0.4, -0.2) is 93.2 Å². The number of rotatable bonds is 14. The van der Waals surface area contributed by atoms with E-state index in [1.54, 1.807) is 35.5 Å². The van der Waals surface area contributed by atoms with Crippen molar-refractivity contribution in [2.45, 2.75) is 38.6 Å². The minimum Gasteiger partial charge on any atom is -0.493 e. The van der Waals surface area contributed by atoms with Crippen LogP contribution in [0.25, 0.3) is 11.0 Å². The zero-order valence-corrected chi connectivity index (χ0v) is 29.0. The summed E-state index contributed by atoms with van der Waals surface area (Å²) < 4.78 is 27.7. The monoisotopic (exact) mass is 670 g/mol. The van der Waals surface area contributed by atoms with Crippen LogP contribution in [0.2, 0.25) is 0 Å². The van der Waals surface area contributed by atoms with Crippen molar-refractivity contribution in [3.8, 4) is 28.7 Å². The van der Waals surface area contributed by atoms with Gasteiger partial charge in [-0.1, -0.05) is 18.2 Å². The summed E-state index contributed by atoms with van der Waals surface area (Å²) in [4.78, 5) is 39.9. The maximum Gasteiger partial charge on any atom is 0.229 e. The van der Waals surface area contributed by atoms with E-state index in [4.69, 9.17) is 23.7 Å². The molecule has 1 aromatic heterocycles. The van der Waals surface area contributed by atoms with Gasteiger partial charge < -0.3 is 38.5 Å². The summed E-state index contributed by atoms with van der Waals surface area (Å²) in [5.74, 6) is 3.52. The zero-order chi connectivity index (χ0) is 34.5. The fourth-order valence-corrected chi connectivity index (χ4v) is 7.41. The van der Waals surface area contributed by atoms with Gasteiger partial charge in [-0.3, -0.25) is 9.59 Å². The first-order valence-electron chi connectivity index (χ1n) is 16.8. The van der Waals surface area contributed by atoms with E-state index in [-0.39, 0.29) is 17.6 Å². The molecule has 3 aromatic carbocycles. The van der Waals surface area contributed by atoms with Crippen LogP contribution in [0.3, 0.4) is 0 Å². The Hall–Kier alpha value is -4.77. The molecule has 0 spiro atoms. The van der Waals surface area contributed by atoms with Crippen LogP contribution in [0.1, 0.15) is 47.4 Å². The highest BCUT2D eigenvalue weighted by Gasteiger charge is 2.46. The van der Waals surface area contributed by atoms with Crippen LogP contribution < -0.4 is 23.7 Å². The minimum absolute atomic E-state index is 0.0698. The average Bonchev–Trinajstić information content (AvgIpc) is 3.71. The summed E-state index contributed by atoms with van der Waals surface area (Å²) in [5, 5.41) is 0. The summed E-state index contributed by atoms with van der Waals surface area (Å²) >= 11 is 0. The number of likely N-dealkylation sites (tertiary alicyclic amines) is 2. The van der Waals surface area contributed by atoms with Gasteiger partial charge in [-0.05, 0) is 99.3 Å². The molecule has 260 valence electrons. The SMILES string of the molecule is COc1ccc(CC2(CCN3CCC(C(=O)c4nc5ccccc5[nH]4)CC3)CCN(Cc3cc(OC)c(OC)c(OC)c3)C2=O)cc1OC. The number of carbonyl (C=O) groups is 2. The number of nitrogens with one attached hydrogen (secondary N) is 1. The lowest BCUT2D eigenvalue weighted by atomic mass is 9.76. The number of fused-ring (bicyclic) bond motifs is 1. The normalized spacial score (nSPS) is 18.6. The van der Waals surface area contributed by atoms with Crippen LogP contribution >= 0.6 is 0 Å². The molecule has 0 saturated carbocycles. The molecule has 2 aliphatic heterocycles. The van der Waals surface area contributed by atoms with E-state index < -0.39 is 5.41 Å². The van der Waals surface area contributed by atoms with Crippen molar-refractivity contribution in [2.75, 3.05) is 61.7 Å². The summed E-state index contributed by atoms with van der Waals surface area (Å²) in [6, 6.07) is 17.4. The fourth-order valence-electron chi connectivity index (χ4n) is 7.41. The molecule has 1 atom stereocenters. The molecule has 2 aliphatic rings. The number of aromatic nitrogens is 2. The topological polar surface area (TPSA) is 115 Å². The quantitative estimate of drug-likeness (QED) is 0.172. The van der Waals surface area contributed by atoms with Gasteiger partial charge in [-0.25, -0.2) is 4.98 Å². The number of H-pyrrole nitrogens is 1. The summed E-state index contributed by atoms with van der Waals surface area (Å²) in [7, 11) is 8.00. The number of piperidine rings is 1. The third kappa shape index (κ3) is 7.03. The van der Waals surface area contributed by atoms with Gasteiger partial charge in [0, 0.05) is 19.0 Å². The maximum atomic E-state index is 14.5. The number of hydrogen-bond acceptors (Lipinski definition) is 9. The van der Waals surface area contributed by atoms with Crippen LogP contribution in [-0.2, 0) is 17.8 Å². The molecule has 1 N–H and O–H groups in total. The Morgan fingerprint density at radius 3 is 2.16 bits per heavy atom. The average molecular weight is 671 g/mol. The molecule has 0 radical (unpaired) electrons. The van der Waals surface area contributed by atoms with Crippen molar-refractivity contribution in [3.05, 3.63) is 71.5 Å². The first-order chi connectivity index (χ1) is 23.8. The first kappa shape index (κ1) is 34.1. The highest BCUT2D eigenvalue weighted by atomic mass is 16.5. The largest absolute Gasteiger partial charge is 0.493 e. The van der Waals surface area contributed by atoms with Gasteiger partial charge in [0.1, 0.15) is 0 Å². The van der Waals surface area contributed by atoms with Crippen molar-refractivity contribution in [2.24, 2.45) is 11.3 Å². The van der Waals surface area contributed by atoms with E-state index in [9.17, 15) is 9.59 Å². The highest BCUT2D eigenvalue weighted by molar-refractivity contribution is 5.97. The Labute approximate surface area is 287 Å². The lowest BCUT2D eigenvalue weighted by Gasteiger charge is -2.35. The van der Waals surface area contributed by atoms with Crippen molar-refractivity contribution in [1.29, 1.82) is 0 Å². The maximum absolute atomic E-state index is 14.5. The first-order valence-corrected chi connectivity index (χ1v) is 16.8. The molecule has 49 heavy (non-hydrogen) atoms. The number of benzene rings is 3. The molecule has 3 heterocycles. The molecule has 0 aliphatic carbocycles. The van der Waals surface area contributed by atoms with Gasteiger partial charge in [0.25, 0.3) is 0 Å². The third-order valence-corrected chi connectivity index (χ3v) is 10.2. The molecule has 0 bridgehead atoms. The molecule has 4 aromatic rings. The Kier molecular flexibility index (Phi) is 10.3. The van der Waals surface area contributed by atoms with Crippen LogP contribution in [0.5, 0.6) is 28.7 Å². The van der Waals surface area contributed by atoms with Gasteiger partial charge in [-0.15, -0.1) is 0 Å². The van der Waals surface area contributed by atoms with Crippen molar-refractivity contribution in [3.63, 3.8) is 0 Å². The van der Waals surface area contributed by atoms with E-state index in [1.165, 1.54) is 0 Å². The minimum atomic E-state index is -0.596. The summed E-state index contributed by atoms with van der Waals surface area (Å²) in [5.41, 5.74) is 3.02. The van der Waals surface area contributed by atoms with E-state index in [2.05, 4.69) is 14.9 Å². The molecular formula is C38H46N4O7. The molecular weight excluding hydrogens is 624 g/mol. The number of aromatic amines is 1. The summed E-state index contributed by atoms with van der Waals surface area (Å²) in [6.07, 6.45) is 3.54. The predicted octanol–water partition coefficient (Wildman–Crippen LogP) is 5.55. The second kappa shape index (κ2) is 14.8. The van der Waals surface area contributed by atoms with Gasteiger partial charge in [-0.2, -0.15) is 0 Å². The van der Waals surface area contributed by atoms with E-state index in [0.29, 0.717) is 60.5 Å². The lowest BCUT2D eigenvalue weighted by molar-refractivity contribution is -0.137. The number of methoxy groups -OCH3 is 5. The Balaban J connectivity index is 1.17. The molecule has 1 unspecified atom stereocenters. The number of imidazole rings is 1. The van der Waals surface area contributed by atoms with Crippen LogP contribution in [0.4, 0.5) is 0 Å². The van der Waals surface area contributed by atoms with Gasteiger partial charge in [0.2, 0.25) is 17.4 Å². The number of amides is 1. The Morgan fingerprint density at radius 1 is 0.837 bits per heavy atom. The lowest BCUT2D eigenvalue weighted by Crippen LogP contribution is -2.42. The number of ether oxygens (including phenoxy) is 5. The van der Waals surface area contributed by atoms with Gasteiger partial charge in [0.15, 0.2) is 28.8 Å². The number of carbonyl (C=O) groups excluding carboxylic acids is 2. The third-order valence-electron chi connectivity index (χ3n) is 10.2. The number of para-hydroxylation sites is 2. The Morgan fingerprint density at radius 2 is 1.51 bits per heavy atom. The predicted molar refractivity (Wildman–Crippen MR) is 186 cm³/mol. The second-order valence-corrected chi connectivity index (χ2v) is 13.0. The number of ketones is 1. The van der Waals surface area contributed by atoms with Crippen molar-refractivity contribution >= 4 is 22.7 Å².